The SMILES string of the molecule is COC[C@H](C)n1c(C)cc(C(=O)CSc2nnc(-c3cccc(OC)c3)n2-c2ccccc2)c1C. The molecule has 4 aromatic rings. The molecule has 1 atom stereocenters. The van der Waals surface area contributed by atoms with Crippen LogP contribution < -0.4 is 4.74 Å². The highest BCUT2D eigenvalue weighted by molar-refractivity contribution is 7.99. The summed E-state index contributed by atoms with van der Waals surface area (Å²) in [5.41, 5.74) is 4.55. The maximum atomic E-state index is 13.3. The van der Waals surface area contributed by atoms with Crippen molar-refractivity contribution in [3.63, 3.8) is 0 Å². The average molecular weight is 491 g/mol. The smallest absolute Gasteiger partial charge is 0.196 e. The van der Waals surface area contributed by atoms with Gasteiger partial charge >= 0.3 is 0 Å². The van der Waals surface area contributed by atoms with Crippen LogP contribution in [0.15, 0.2) is 65.8 Å². The Bertz CT molecular complexity index is 1310. The van der Waals surface area contributed by atoms with Crippen molar-refractivity contribution >= 4 is 17.5 Å². The summed E-state index contributed by atoms with van der Waals surface area (Å²) in [5.74, 6) is 1.75. The zero-order valence-electron chi connectivity index (χ0n) is 20.7. The second-order valence-corrected chi connectivity index (χ2v) is 9.32. The molecular weight excluding hydrogens is 460 g/mol. The minimum absolute atomic E-state index is 0.0597. The number of thioether (sulfide) groups is 1. The number of methoxy groups -OCH3 is 2. The lowest BCUT2D eigenvalue weighted by atomic mass is 10.2. The van der Waals surface area contributed by atoms with E-state index >= 15 is 0 Å². The third kappa shape index (κ3) is 5.18. The van der Waals surface area contributed by atoms with E-state index in [4.69, 9.17) is 9.47 Å². The number of ether oxygens (including phenoxy) is 2. The molecule has 0 bridgehead atoms. The fourth-order valence-corrected chi connectivity index (χ4v) is 5.22. The number of rotatable bonds is 10. The number of para-hydroxylation sites is 1. The van der Waals surface area contributed by atoms with Gasteiger partial charge in [0.15, 0.2) is 16.8 Å². The molecule has 0 saturated carbocycles. The molecule has 0 aliphatic carbocycles. The number of benzene rings is 2. The number of aromatic nitrogens is 4. The van der Waals surface area contributed by atoms with E-state index in [9.17, 15) is 4.79 Å². The molecule has 0 fully saturated rings. The molecule has 35 heavy (non-hydrogen) atoms. The number of hydrogen-bond donors (Lipinski definition) is 0. The number of hydrogen-bond acceptors (Lipinski definition) is 6. The molecule has 0 unspecified atom stereocenters. The van der Waals surface area contributed by atoms with E-state index in [1.807, 2.05) is 79.1 Å². The Balaban J connectivity index is 1.64. The van der Waals surface area contributed by atoms with Crippen LogP contribution >= 0.6 is 11.8 Å². The quantitative estimate of drug-likeness (QED) is 0.215. The molecule has 7 nitrogen and oxygen atoms in total. The van der Waals surface area contributed by atoms with E-state index in [0.717, 1.165) is 34.0 Å². The van der Waals surface area contributed by atoms with Crippen molar-refractivity contribution in [1.29, 1.82) is 0 Å². The summed E-state index contributed by atoms with van der Waals surface area (Å²) in [6, 6.07) is 19.8. The normalized spacial score (nSPS) is 12.0. The monoisotopic (exact) mass is 490 g/mol. The lowest BCUT2D eigenvalue weighted by Crippen LogP contribution is -2.14. The topological polar surface area (TPSA) is 71.2 Å². The van der Waals surface area contributed by atoms with Crippen molar-refractivity contribution in [1.82, 2.24) is 19.3 Å². The molecule has 0 saturated heterocycles. The summed E-state index contributed by atoms with van der Waals surface area (Å²) >= 11 is 1.39. The van der Waals surface area contributed by atoms with Gasteiger partial charge in [0.05, 0.1) is 25.5 Å². The van der Waals surface area contributed by atoms with Crippen LogP contribution in [0.2, 0.25) is 0 Å². The summed E-state index contributed by atoms with van der Waals surface area (Å²) in [6.07, 6.45) is 0. The molecule has 0 aliphatic rings. The van der Waals surface area contributed by atoms with Crippen LogP contribution in [0, 0.1) is 13.8 Å². The first-order valence-corrected chi connectivity index (χ1v) is 12.4. The lowest BCUT2D eigenvalue weighted by molar-refractivity contribution is 0.102. The first kappa shape index (κ1) is 24.8. The van der Waals surface area contributed by atoms with Crippen molar-refractivity contribution in [3.8, 4) is 22.8 Å². The van der Waals surface area contributed by atoms with Gasteiger partial charge in [-0.2, -0.15) is 0 Å². The number of carbonyl (C=O) groups excluding carboxylic acids is 1. The zero-order valence-corrected chi connectivity index (χ0v) is 21.5. The summed E-state index contributed by atoms with van der Waals surface area (Å²) in [7, 11) is 3.33. The Hall–Kier alpha value is -3.36. The van der Waals surface area contributed by atoms with Gasteiger partial charge < -0.3 is 14.0 Å². The first-order chi connectivity index (χ1) is 16.9. The first-order valence-electron chi connectivity index (χ1n) is 11.4. The van der Waals surface area contributed by atoms with E-state index < -0.39 is 0 Å². The molecule has 2 heterocycles. The Morgan fingerprint density at radius 2 is 1.80 bits per heavy atom. The van der Waals surface area contributed by atoms with Crippen LogP contribution in [-0.2, 0) is 4.74 Å². The van der Waals surface area contributed by atoms with Crippen LogP contribution in [0.3, 0.4) is 0 Å². The second kappa shape index (κ2) is 10.9. The number of aryl methyl sites for hydroxylation is 1. The minimum atomic E-state index is 0.0597. The molecule has 0 amide bonds. The molecule has 0 spiro atoms. The third-order valence-corrected chi connectivity index (χ3v) is 6.87. The molecule has 0 aliphatic heterocycles. The maximum Gasteiger partial charge on any atom is 0.196 e. The van der Waals surface area contributed by atoms with Crippen molar-refractivity contribution in [2.24, 2.45) is 0 Å². The van der Waals surface area contributed by atoms with Gasteiger partial charge in [-0.05, 0) is 51.1 Å². The van der Waals surface area contributed by atoms with Crippen LogP contribution in [-0.4, -0.2) is 51.7 Å². The predicted molar refractivity (Wildman–Crippen MR) is 139 cm³/mol. The Kier molecular flexibility index (Phi) is 7.73. The molecule has 8 heteroatoms. The number of nitrogens with zero attached hydrogens (tertiary/aromatic N) is 4. The molecule has 2 aromatic carbocycles. The predicted octanol–water partition coefficient (Wildman–Crippen LogP) is 5.54. The fraction of sp³-hybridized carbons (Fsp3) is 0.296. The summed E-state index contributed by atoms with van der Waals surface area (Å²) < 4.78 is 14.9. The Labute approximate surface area is 210 Å². The van der Waals surface area contributed by atoms with Crippen LogP contribution in [0.5, 0.6) is 5.75 Å². The lowest BCUT2D eigenvalue weighted by Gasteiger charge is -2.17. The molecule has 182 valence electrons. The van der Waals surface area contributed by atoms with Crippen molar-refractivity contribution in [2.45, 2.75) is 32.0 Å². The van der Waals surface area contributed by atoms with Crippen molar-refractivity contribution < 1.29 is 14.3 Å². The Morgan fingerprint density at radius 1 is 1.03 bits per heavy atom. The molecular formula is C27H30N4O3S. The van der Waals surface area contributed by atoms with Gasteiger partial charge in [-0.25, -0.2) is 0 Å². The maximum absolute atomic E-state index is 13.3. The molecule has 0 radical (unpaired) electrons. The van der Waals surface area contributed by atoms with Gasteiger partial charge in [0, 0.05) is 35.3 Å². The van der Waals surface area contributed by atoms with E-state index in [1.54, 1.807) is 14.2 Å². The fourth-order valence-electron chi connectivity index (χ4n) is 4.38. The van der Waals surface area contributed by atoms with E-state index in [-0.39, 0.29) is 17.6 Å². The average Bonchev–Trinajstić information content (AvgIpc) is 3.43. The highest BCUT2D eigenvalue weighted by atomic mass is 32.2. The van der Waals surface area contributed by atoms with Gasteiger partial charge in [0.2, 0.25) is 0 Å². The second-order valence-electron chi connectivity index (χ2n) is 8.38. The van der Waals surface area contributed by atoms with E-state index in [0.29, 0.717) is 17.6 Å². The van der Waals surface area contributed by atoms with Crippen LogP contribution in [0.25, 0.3) is 17.1 Å². The zero-order chi connectivity index (χ0) is 24.9. The van der Waals surface area contributed by atoms with Gasteiger partial charge in [-0.1, -0.05) is 42.1 Å². The van der Waals surface area contributed by atoms with Crippen LogP contribution in [0.1, 0.15) is 34.7 Å². The molecule has 2 aromatic heterocycles. The van der Waals surface area contributed by atoms with Gasteiger partial charge in [-0.3, -0.25) is 9.36 Å². The molecule has 0 N–H and O–H groups in total. The summed E-state index contributed by atoms with van der Waals surface area (Å²) in [4.78, 5) is 13.3. The van der Waals surface area contributed by atoms with E-state index in [2.05, 4.69) is 21.7 Å². The number of carbonyl (C=O) groups is 1. The number of Topliss-reactive ketones (excluding diaryl/α,β-unsaturated/α-hetero) is 1. The minimum Gasteiger partial charge on any atom is -0.497 e. The standard InChI is InChI=1S/C27H30N4O3S/c1-18-14-24(20(3)30(18)19(2)16-33-4)25(32)17-35-27-29-28-26(21-10-9-13-23(15-21)34-5)31(27)22-11-7-6-8-12-22/h6-15,19H,16-17H2,1-5H3/t19-/m0/s1. The van der Waals surface area contributed by atoms with Gasteiger partial charge in [0.25, 0.3) is 0 Å². The van der Waals surface area contributed by atoms with Crippen LogP contribution in [0.4, 0.5) is 0 Å². The van der Waals surface area contributed by atoms with Gasteiger partial charge in [0.1, 0.15) is 5.75 Å². The van der Waals surface area contributed by atoms with Crippen molar-refractivity contribution in [2.75, 3.05) is 26.6 Å². The van der Waals surface area contributed by atoms with Gasteiger partial charge in [-0.15, -0.1) is 10.2 Å². The third-order valence-electron chi connectivity index (χ3n) is 5.94. The Morgan fingerprint density at radius 3 is 2.51 bits per heavy atom. The summed E-state index contributed by atoms with van der Waals surface area (Å²) in [6.45, 7) is 6.70. The molecule has 4 rings (SSSR count). The number of ketones is 1. The van der Waals surface area contributed by atoms with Crippen molar-refractivity contribution in [3.05, 3.63) is 77.6 Å². The largest absolute Gasteiger partial charge is 0.497 e. The summed E-state index contributed by atoms with van der Waals surface area (Å²) in [5, 5.41) is 9.58. The highest BCUT2D eigenvalue weighted by Crippen LogP contribution is 2.30. The van der Waals surface area contributed by atoms with E-state index in [1.165, 1.54) is 11.8 Å². The highest BCUT2D eigenvalue weighted by Gasteiger charge is 2.21.